The van der Waals surface area contributed by atoms with Gasteiger partial charge in [-0.25, -0.2) is 4.79 Å². The average Bonchev–Trinajstić information content (AvgIpc) is 2.62. The quantitative estimate of drug-likeness (QED) is 0.704. The lowest BCUT2D eigenvalue weighted by molar-refractivity contribution is 0.0133. The molecule has 0 aliphatic carbocycles. The summed E-state index contributed by atoms with van der Waals surface area (Å²) in [5, 5.41) is 23.5. The van der Waals surface area contributed by atoms with Crippen molar-refractivity contribution in [2.75, 3.05) is 6.54 Å². The Morgan fingerprint density at radius 3 is 2.60 bits per heavy atom. The summed E-state index contributed by atoms with van der Waals surface area (Å²) < 4.78 is 5.08. The molecule has 0 saturated heterocycles. The van der Waals surface area contributed by atoms with Crippen molar-refractivity contribution in [3.8, 4) is 0 Å². The van der Waals surface area contributed by atoms with Gasteiger partial charge in [-0.3, -0.25) is 0 Å². The topological polar surface area (TPSA) is 78.8 Å². The number of alkyl carbamates (subject to hydrolysis) is 1. The molecule has 3 N–H and O–H groups in total. The van der Waals surface area contributed by atoms with E-state index in [2.05, 4.69) is 5.32 Å². The molecule has 0 fully saturated rings. The molecule has 0 radical (unpaired) electrons. The molecule has 0 aliphatic rings. The Bertz CT molecular complexity index is 693. The molecule has 2 atom stereocenters. The molecule has 2 aromatic rings. The Balaban J connectivity index is 1.75. The zero-order valence-electron chi connectivity index (χ0n) is 14.0. The van der Waals surface area contributed by atoms with Gasteiger partial charge in [-0.15, -0.1) is 0 Å². The number of nitrogens with one attached hydrogen (secondary N) is 1. The lowest BCUT2D eigenvalue weighted by Crippen LogP contribution is -2.30. The fourth-order valence-electron chi connectivity index (χ4n) is 2.41. The highest BCUT2D eigenvalue weighted by atomic mass is 35.5. The summed E-state index contributed by atoms with van der Waals surface area (Å²) in [5.41, 5.74) is 2.20. The molecule has 2 unspecified atom stereocenters. The van der Waals surface area contributed by atoms with Crippen LogP contribution < -0.4 is 5.32 Å². The van der Waals surface area contributed by atoms with Crippen LogP contribution in [0.3, 0.4) is 0 Å². The third-order valence-corrected chi connectivity index (χ3v) is 4.32. The summed E-state index contributed by atoms with van der Waals surface area (Å²) >= 11 is 6.03. The third-order valence-electron chi connectivity index (χ3n) is 3.91. The summed E-state index contributed by atoms with van der Waals surface area (Å²) in [6, 6.07) is 14.5. The number of hydrogen-bond donors (Lipinski definition) is 3. The predicted molar refractivity (Wildman–Crippen MR) is 96.4 cm³/mol. The summed E-state index contributed by atoms with van der Waals surface area (Å²) in [6.07, 6.45) is -2.47. The number of amides is 1. The second-order valence-corrected chi connectivity index (χ2v) is 6.15. The molecule has 0 bridgehead atoms. The maximum atomic E-state index is 11.6. The fraction of sp³-hybridized carbons (Fsp3) is 0.316. The number of hydrogen-bond acceptors (Lipinski definition) is 4. The molecule has 25 heavy (non-hydrogen) atoms. The van der Waals surface area contributed by atoms with Gasteiger partial charge in [-0.1, -0.05) is 54.1 Å². The smallest absolute Gasteiger partial charge is 0.407 e. The number of carbonyl (C=O) groups excluding carboxylic acids is 1. The normalized spacial score (nSPS) is 13.1. The van der Waals surface area contributed by atoms with Gasteiger partial charge in [0.25, 0.3) is 0 Å². The maximum Gasteiger partial charge on any atom is 0.407 e. The minimum Gasteiger partial charge on any atom is -0.445 e. The summed E-state index contributed by atoms with van der Waals surface area (Å²) in [5.74, 6) is 0. The SMILES string of the molecule is Cc1c(Cl)cccc1C(O)C(O)CCNC(=O)OCc1ccccc1. The van der Waals surface area contributed by atoms with Gasteiger partial charge in [-0.2, -0.15) is 0 Å². The van der Waals surface area contributed by atoms with Gasteiger partial charge < -0.3 is 20.3 Å². The maximum absolute atomic E-state index is 11.6. The number of benzene rings is 2. The van der Waals surface area contributed by atoms with Crippen molar-refractivity contribution in [2.24, 2.45) is 0 Å². The zero-order chi connectivity index (χ0) is 18.2. The van der Waals surface area contributed by atoms with Crippen molar-refractivity contribution in [1.82, 2.24) is 5.32 Å². The first-order chi connectivity index (χ1) is 12.0. The minimum atomic E-state index is -1.07. The van der Waals surface area contributed by atoms with E-state index >= 15 is 0 Å². The first-order valence-electron chi connectivity index (χ1n) is 8.04. The van der Waals surface area contributed by atoms with Crippen LogP contribution in [0.2, 0.25) is 5.02 Å². The highest BCUT2D eigenvalue weighted by molar-refractivity contribution is 6.31. The molecule has 0 heterocycles. The molecule has 0 saturated carbocycles. The molecule has 0 aromatic heterocycles. The molecule has 0 aliphatic heterocycles. The van der Waals surface area contributed by atoms with Crippen LogP contribution in [-0.2, 0) is 11.3 Å². The molecule has 2 aromatic carbocycles. The van der Waals surface area contributed by atoms with Crippen molar-refractivity contribution in [3.05, 3.63) is 70.2 Å². The van der Waals surface area contributed by atoms with Crippen LogP contribution in [0.1, 0.15) is 29.2 Å². The molecule has 5 nitrogen and oxygen atoms in total. The Labute approximate surface area is 152 Å². The minimum absolute atomic E-state index is 0.180. The lowest BCUT2D eigenvalue weighted by Gasteiger charge is -2.20. The van der Waals surface area contributed by atoms with Crippen LogP contribution in [0, 0.1) is 6.92 Å². The van der Waals surface area contributed by atoms with E-state index in [4.69, 9.17) is 16.3 Å². The van der Waals surface area contributed by atoms with Gasteiger partial charge >= 0.3 is 6.09 Å². The second kappa shape index (κ2) is 9.42. The zero-order valence-corrected chi connectivity index (χ0v) is 14.7. The number of carbonyl (C=O) groups is 1. The van der Waals surface area contributed by atoms with E-state index in [0.717, 1.165) is 11.1 Å². The Morgan fingerprint density at radius 1 is 1.16 bits per heavy atom. The lowest BCUT2D eigenvalue weighted by atomic mass is 9.98. The highest BCUT2D eigenvalue weighted by Crippen LogP contribution is 2.26. The van der Waals surface area contributed by atoms with Crippen molar-refractivity contribution in [2.45, 2.75) is 32.2 Å². The molecule has 6 heteroatoms. The van der Waals surface area contributed by atoms with Gasteiger partial charge in [0, 0.05) is 11.6 Å². The molecular weight excluding hydrogens is 342 g/mol. The summed E-state index contributed by atoms with van der Waals surface area (Å²) in [7, 11) is 0. The summed E-state index contributed by atoms with van der Waals surface area (Å²) in [4.78, 5) is 11.6. The van der Waals surface area contributed by atoms with E-state index in [1.807, 2.05) is 30.3 Å². The number of ether oxygens (including phenoxy) is 1. The Kier molecular flexibility index (Phi) is 7.25. The average molecular weight is 364 g/mol. The molecule has 1 amide bonds. The molecule has 0 spiro atoms. The van der Waals surface area contributed by atoms with E-state index in [9.17, 15) is 15.0 Å². The van der Waals surface area contributed by atoms with Gasteiger partial charge in [0.2, 0.25) is 0 Å². The highest BCUT2D eigenvalue weighted by Gasteiger charge is 2.20. The second-order valence-electron chi connectivity index (χ2n) is 5.74. The predicted octanol–water partition coefficient (Wildman–Crippen LogP) is 3.36. The number of halogens is 1. The molecule has 134 valence electrons. The van der Waals surface area contributed by atoms with Gasteiger partial charge in [0.1, 0.15) is 12.7 Å². The first kappa shape index (κ1) is 19.2. The van der Waals surface area contributed by atoms with Gasteiger partial charge in [0.05, 0.1) is 6.10 Å². The van der Waals surface area contributed by atoms with E-state index in [0.29, 0.717) is 10.6 Å². The Hall–Kier alpha value is -2.08. The number of aliphatic hydroxyl groups is 2. The van der Waals surface area contributed by atoms with E-state index in [1.165, 1.54) is 0 Å². The van der Waals surface area contributed by atoms with Crippen molar-refractivity contribution < 1.29 is 19.7 Å². The van der Waals surface area contributed by atoms with Gasteiger partial charge in [-0.05, 0) is 36.1 Å². The van der Waals surface area contributed by atoms with Crippen LogP contribution in [0.5, 0.6) is 0 Å². The van der Waals surface area contributed by atoms with Crippen LogP contribution in [0.15, 0.2) is 48.5 Å². The van der Waals surface area contributed by atoms with Gasteiger partial charge in [0.15, 0.2) is 0 Å². The largest absolute Gasteiger partial charge is 0.445 e. The van der Waals surface area contributed by atoms with Crippen molar-refractivity contribution >= 4 is 17.7 Å². The number of rotatable bonds is 7. The first-order valence-corrected chi connectivity index (χ1v) is 8.42. The van der Waals surface area contributed by atoms with Crippen molar-refractivity contribution in [1.29, 1.82) is 0 Å². The standard InChI is InChI=1S/C19H22ClNO4/c1-13-15(8-5-9-16(13)20)18(23)17(22)10-11-21-19(24)25-12-14-6-3-2-4-7-14/h2-9,17-18,22-23H,10-12H2,1H3,(H,21,24). The Morgan fingerprint density at radius 2 is 1.88 bits per heavy atom. The van der Waals surface area contributed by atoms with Crippen LogP contribution in [0.4, 0.5) is 4.79 Å². The van der Waals surface area contributed by atoms with E-state index in [1.54, 1.807) is 25.1 Å². The monoisotopic (exact) mass is 363 g/mol. The molecular formula is C19H22ClNO4. The molecule has 2 rings (SSSR count). The number of aliphatic hydroxyl groups excluding tert-OH is 2. The van der Waals surface area contributed by atoms with Crippen LogP contribution >= 0.6 is 11.6 Å². The van der Waals surface area contributed by atoms with Crippen LogP contribution in [-0.4, -0.2) is 29.0 Å². The fourth-order valence-corrected chi connectivity index (χ4v) is 2.59. The summed E-state index contributed by atoms with van der Waals surface area (Å²) in [6.45, 7) is 2.15. The van der Waals surface area contributed by atoms with Crippen LogP contribution in [0.25, 0.3) is 0 Å². The van der Waals surface area contributed by atoms with E-state index < -0.39 is 18.3 Å². The third kappa shape index (κ3) is 5.74. The van der Waals surface area contributed by atoms with E-state index in [-0.39, 0.29) is 19.6 Å². The van der Waals surface area contributed by atoms with Crippen molar-refractivity contribution in [3.63, 3.8) is 0 Å².